The molecule has 1 unspecified atom stereocenters. The summed E-state index contributed by atoms with van der Waals surface area (Å²) in [5, 5.41) is 22.8. The van der Waals surface area contributed by atoms with E-state index in [2.05, 4.69) is 21.2 Å². The zero-order chi connectivity index (χ0) is 14.0. The molecular formula is C12H13BrN2O4. The summed E-state index contributed by atoms with van der Waals surface area (Å²) in [6, 6.07) is 4.15. The summed E-state index contributed by atoms with van der Waals surface area (Å²) < 4.78 is 0.396. The second-order valence-corrected chi connectivity index (χ2v) is 5.33. The summed E-state index contributed by atoms with van der Waals surface area (Å²) in [5.41, 5.74) is 0.665. The zero-order valence-electron chi connectivity index (χ0n) is 10.0. The fraction of sp³-hybridized carbons (Fsp3) is 0.417. The molecule has 1 aliphatic rings. The molecule has 1 aliphatic carbocycles. The van der Waals surface area contributed by atoms with Crippen LogP contribution in [0, 0.1) is 16.0 Å². The smallest absolute Gasteiger partial charge is 0.320 e. The summed E-state index contributed by atoms with van der Waals surface area (Å²) in [6.07, 6.45) is 1.83. The number of hydrogen-bond acceptors (Lipinski definition) is 4. The monoisotopic (exact) mass is 328 g/mol. The van der Waals surface area contributed by atoms with Gasteiger partial charge >= 0.3 is 5.97 Å². The Morgan fingerprint density at radius 3 is 2.79 bits per heavy atom. The van der Waals surface area contributed by atoms with Crippen LogP contribution in [0.2, 0.25) is 0 Å². The van der Waals surface area contributed by atoms with Crippen molar-refractivity contribution in [3.63, 3.8) is 0 Å². The van der Waals surface area contributed by atoms with E-state index >= 15 is 0 Å². The molecule has 2 rings (SSSR count). The van der Waals surface area contributed by atoms with Crippen LogP contribution in [0.15, 0.2) is 22.7 Å². The molecule has 0 amide bonds. The number of carboxylic acid groups (broad SMARTS) is 1. The lowest BCUT2D eigenvalue weighted by Crippen LogP contribution is -2.38. The molecule has 0 bridgehead atoms. The average molecular weight is 329 g/mol. The third-order valence-electron chi connectivity index (χ3n) is 3.13. The van der Waals surface area contributed by atoms with Crippen molar-refractivity contribution in [2.75, 3.05) is 0 Å². The van der Waals surface area contributed by atoms with E-state index in [1.807, 2.05) is 0 Å². The van der Waals surface area contributed by atoms with Gasteiger partial charge in [0.05, 0.1) is 9.40 Å². The van der Waals surface area contributed by atoms with E-state index in [1.54, 1.807) is 12.1 Å². The highest BCUT2D eigenvalue weighted by Gasteiger charge is 2.35. The van der Waals surface area contributed by atoms with Gasteiger partial charge in [-0.1, -0.05) is 12.1 Å². The minimum absolute atomic E-state index is 0.0161. The van der Waals surface area contributed by atoms with Gasteiger partial charge in [0.15, 0.2) is 0 Å². The number of halogens is 1. The third-order valence-corrected chi connectivity index (χ3v) is 4.04. The number of rotatable bonds is 6. The maximum atomic E-state index is 11.1. The number of hydrogen-bond donors (Lipinski definition) is 2. The van der Waals surface area contributed by atoms with Crippen molar-refractivity contribution in [3.05, 3.63) is 38.3 Å². The van der Waals surface area contributed by atoms with E-state index in [9.17, 15) is 14.9 Å². The molecule has 1 saturated carbocycles. The van der Waals surface area contributed by atoms with Crippen molar-refractivity contribution in [1.82, 2.24) is 5.32 Å². The van der Waals surface area contributed by atoms with Gasteiger partial charge in [0.1, 0.15) is 6.04 Å². The molecule has 0 radical (unpaired) electrons. The van der Waals surface area contributed by atoms with Gasteiger partial charge in [-0.3, -0.25) is 14.9 Å². The average Bonchev–Trinajstić information content (AvgIpc) is 3.15. The molecule has 19 heavy (non-hydrogen) atoms. The third kappa shape index (κ3) is 3.30. The van der Waals surface area contributed by atoms with Crippen molar-refractivity contribution < 1.29 is 14.8 Å². The van der Waals surface area contributed by atoms with Gasteiger partial charge in [-0.05, 0) is 40.3 Å². The molecule has 1 fully saturated rings. The van der Waals surface area contributed by atoms with Gasteiger partial charge in [-0.25, -0.2) is 0 Å². The quantitative estimate of drug-likeness (QED) is 0.617. The molecule has 2 N–H and O–H groups in total. The Labute approximate surface area is 118 Å². The number of carbonyl (C=O) groups is 1. The lowest BCUT2D eigenvalue weighted by Gasteiger charge is -2.14. The van der Waals surface area contributed by atoms with Crippen LogP contribution in [0.25, 0.3) is 0 Å². The molecule has 0 spiro atoms. The van der Waals surface area contributed by atoms with Crippen molar-refractivity contribution in [2.24, 2.45) is 5.92 Å². The maximum Gasteiger partial charge on any atom is 0.320 e. The standard InChI is InChI=1S/C12H13BrN2O4/c13-10-8(2-1-3-9(10)15(18)19)6-14-11(12(16)17)7-4-5-7/h1-3,7,11,14H,4-6H2,(H,16,17). The number of nitrogens with zero attached hydrogens (tertiary/aromatic N) is 1. The molecule has 0 aliphatic heterocycles. The molecule has 6 nitrogen and oxygen atoms in total. The Balaban J connectivity index is 2.08. The fourth-order valence-corrected chi connectivity index (χ4v) is 2.50. The van der Waals surface area contributed by atoms with Crippen molar-refractivity contribution in [1.29, 1.82) is 0 Å². The van der Waals surface area contributed by atoms with Crippen LogP contribution >= 0.6 is 15.9 Å². The van der Waals surface area contributed by atoms with Crippen molar-refractivity contribution in [3.8, 4) is 0 Å². The van der Waals surface area contributed by atoms with Crippen LogP contribution in [-0.2, 0) is 11.3 Å². The van der Waals surface area contributed by atoms with E-state index in [-0.39, 0.29) is 18.2 Å². The molecular weight excluding hydrogens is 316 g/mol. The Kier molecular flexibility index (Phi) is 4.16. The van der Waals surface area contributed by atoms with Crippen LogP contribution in [0.4, 0.5) is 5.69 Å². The lowest BCUT2D eigenvalue weighted by molar-refractivity contribution is -0.385. The van der Waals surface area contributed by atoms with Crippen molar-refractivity contribution in [2.45, 2.75) is 25.4 Å². The van der Waals surface area contributed by atoms with Crippen LogP contribution in [0.5, 0.6) is 0 Å². The predicted molar refractivity (Wildman–Crippen MR) is 71.8 cm³/mol. The van der Waals surface area contributed by atoms with E-state index < -0.39 is 16.9 Å². The van der Waals surface area contributed by atoms with E-state index in [0.29, 0.717) is 10.0 Å². The molecule has 1 aromatic carbocycles. The van der Waals surface area contributed by atoms with Gasteiger partial charge in [-0.2, -0.15) is 0 Å². The second kappa shape index (κ2) is 5.66. The summed E-state index contributed by atoms with van der Waals surface area (Å²) in [7, 11) is 0. The maximum absolute atomic E-state index is 11.1. The SMILES string of the molecule is O=C(O)C(NCc1cccc([N+](=O)[O-])c1Br)C1CC1. The van der Waals surface area contributed by atoms with Crippen LogP contribution < -0.4 is 5.32 Å². The molecule has 0 heterocycles. The molecule has 0 aromatic heterocycles. The summed E-state index contributed by atoms with van der Waals surface area (Å²) in [5.74, 6) is -0.695. The summed E-state index contributed by atoms with van der Waals surface area (Å²) in [6.45, 7) is 0.287. The van der Waals surface area contributed by atoms with Crippen LogP contribution in [-0.4, -0.2) is 22.0 Å². The number of carboxylic acids is 1. The summed E-state index contributed by atoms with van der Waals surface area (Å²) in [4.78, 5) is 21.4. The van der Waals surface area contributed by atoms with Crippen LogP contribution in [0.3, 0.4) is 0 Å². The van der Waals surface area contributed by atoms with Gasteiger partial charge in [0, 0.05) is 12.6 Å². The highest BCUT2D eigenvalue weighted by atomic mass is 79.9. The number of nitrogens with one attached hydrogen (secondary N) is 1. The first kappa shape index (κ1) is 14.0. The normalized spacial score (nSPS) is 16.1. The fourth-order valence-electron chi connectivity index (χ4n) is 1.95. The highest BCUT2D eigenvalue weighted by molar-refractivity contribution is 9.10. The second-order valence-electron chi connectivity index (χ2n) is 4.54. The van der Waals surface area contributed by atoms with E-state index in [1.165, 1.54) is 6.07 Å². The van der Waals surface area contributed by atoms with Gasteiger partial charge in [-0.15, -0.1) is 0 Å². The first-order valence-corrected chi connectivity index (χ1v) is 6.68. The predicted octanol–water partition coefficient (Wildman–Crippen LogP) is 2.31. The van der Waals surface area contributed by atoms with Crippen LogP contribution in [0.1, 0.15) is 18.4 Å². The van der Waals surface area contributed by atoms with Crippen molar-refractivity contribution >= 4 is 27.6 Å². The Morgan fingerprint density at radius 2 is 2.26 bits per heavy atom. The zero-order valence-corrected chi connectivity index (χ0v) is 11.6. The van der Waals surface area contributed by atoms with Gasteiger partial charge in [0.25, 0.3) is 5.69 Å². The number of nitro groups is 1. The molecule has 1 atom stereocenters. The topological polar surface area (TPSA) is 92.5 Å². The minimum Gasteiger partial charge on any atom is -0.480 e. The Morgan fingerprint density at radius 1 is 1.58 bits per heavy atom. The van der Waals surface area contributed by atoms with E-state index in [0.717, 1.165) is 12.8 Å². The largest absolute Gasteiger partial charge is 0.480 e. The number of aliphatic carboxylic acids is 1. The van der Waals surface area contributed by atoms with Gasteiger partial charge < -0.3 is 10.4 Å². The molecule has 102 valence electrons. The Bertz CT molecular complexity index is 516. The number of nitro benzene ring substituents is 1. The molecule has 1 aromatic rings. The van der Waals surface area contributed by atoms with Gasteiger partial charge in [0.2, 0.25) is 0 Å². The lowest BCUT2D eigenvalue weighted by atomic mass is 10.1. The number of benzene rings is 1. The minimum atomic E-state index is -0.871. The Hall–Kier alpha value is -1.47. The highest BCUT2D eigenvalue weighted by Crippen LogP contribution is 2.33. The molecule has 7 heteroatoms. The summed E-state index contributed by atoms with van der Waals surface area (Å²) >= 11 is 3.19. The first-order valence-electron chi connectivity index (χ1n) is 5.88. The molecule has 0 saturated heterocycles. The first-order chi connectivity index (χ1) is 9.00. The van der Waals surface area contributed by atoms with E-state index in [4.69, 9.17) is 5.11 Å².